The minimum Gasteiger partial charge on any atom is -0.337 e. The Bertz CT molecular complexity index is 417. The van der Waals surface area contributed by atoms with Crippen LogP contribution in [-0.2, 0) is 0 Å². The molecule has 1 fully saturated rings. The number of nitrogen functional groups attached to an aromatic ring is 1. The van der Waals surface area contributed by atoms with Gasteiger partial charge in [-0.15, -0.1) is 0 Å². The number of carbonyl (C=O) groups excluding carboxylic acids is 1. The summed E-state index contributed by atoms with van der Waals surface area (Å²) in [5, 5.41) is 0. The van der Waals surface area contributed by atoms with Crippen molar-refractivity contribution in [3.05, 3.63) is 24.0 Å². The largest absolute Gasteiger partial charge is 0.337 e. The van der Waals surface area contributed by atoms with Crippen molar-refractivity contribution >= 4 is 11.6 Å². The zero-order valence-electron chi connectivity index (χ0n) is 10.7. The van der Waals surface area contributed by atoms with Gasteiger partial charge in [0.2, 0.25) is 0 Å². The van der Waals surface area contributed by atoms with Crippen molar-refractivity contribution in [2.75, 3.05) is 18.5 Å². The molecule has 5 heteroatoms. The molecule has 1 heterocycles. The zero-order valence-corrected chi connectivity index (χ0v) is 10.7. The molecule has 3 N–H and O–H groups in total. The third-order valence-corrected chi connectivity index (χ3v) is 3.52. The number of carbonyl (C=O) groups is 1. The molecule has 1 aliphatic rings. The van der Waals surface area contributed by atoms with Crippen molar-refractivity contribution in [3.8, 4) is 0 Å². The lowest BCUT2D eigenvalue weighted by Crippen LogP contribution is -2.37. The molecule has 0 saturated heterocycles. The van der Waals surface area contributed by atoms with E-state index in [0.717, 1.165) is 13.1 Å². The van der Waals surface area contributed by atoms with Crippen LogP contribution >= 0.6 is 0 Å². The van der Waals surface area contributed by atoms with Crippen molar-refractivity contribution in [3.63, 3.8) is 0 Å². The highest BCUT2D eigenvalue weighted by atomic mass is 16.2. The van der Waals surface area contributed by atoms with Gasteiger partial charge in [0.15, 0.2) is 0 Å². The van der Waals surface area contributed by atoms with Gasteiger partial charge in [0, 0.05) is 19.3 Å². The molecule has 0 unspecified atom stereocenters. The first-order valence-electron chi connectivity index (χ1n) is 6.46. The second-order valence-corrected chi connectivity index (χ2v) is 4.71. The number of hydrazine groups is 1. The van der Waals surface area contributed by atoms with Crippen molar-refractivity contribution in [2.45, 2.75) is 26.2 Å². The Morgan fingerprint density at radius 3 is 2.94 bits per heavy atom. The number of hydrogen-bond acceptors (Lipinski definition) is 4. The molecule has 1 amide bonds. The summed E-state index contributed by atoms with van der Waals surface area (Å²) in [5.74, 6) is 5.99. The van der Waals surface area contributed by atoms with Crippen molar-refractivity contribution in [2.24, 2.45) is 11.8 Å². The van der Waals surface area contributed by atoms with Crippen LogP contribution < -0.4 is 11.3 Å². The SMILES string of the molecule is CCN(CC1CCC1)C(=O)c1cc(NN)ccn1. The molecular weight excluding hydrogens is 228 g/mol. The molecule has 1 aromatic heterocycles. The second kappa shape index (κ2) is 5.82. The van der Waals surface area contributed by atoms with E-state index in [4.69, 9.17) is 5.84 Å². The number of aromatic nitrogens is 1. The lowest BCUT2D eigenvalue weighted by molar-refractivity contribution is 0.0700. The van der Waals surface area contributed by atoms with E-state index in [1.54, 1.807) is 18.3 Å². The highest BCUT2D eigenvalue weighted by Crippen LogP contribution is 2.27. The third kappa shape index (κ3) is 2.79. The summed E-state index contributed by atoms with van der Waals surface area (Å²) in [5.41, 5.74) is 3.68. The fraction of sp³-hybridized carbons (Fsp3) is 0.538. The Labute approximate surface area is 107 Å². The van der Waals surface area contributed by atoms with Gasteiger partial charge in [0.1, 0.15) is 5.69 Å². The Balaban J connectivity index is 2.06. The van der Waals surface area contributed by atoms with E-state index in [1.165, 1.54) is 19.3 Å². The molecule has 5 nitrogen and oxygen atoms in total. The first kappa shape index (κ1) is 12.8. The topological polar surface area (TPSA) is 71.2 Å². The van der Waals surface area contributed by atoms with Crippen LogP contribution in [0.25, 0.3) is 0 Å². The second-order valence-electron chi connectivity index (χ2n) is 4.71. The van der Waals surface area contributed by atoms with Crippen LogP contribution in [0.5, 0.6) is 0 Å². The normalized spacial score (nSPS) is 15.0. The van der Waals surface area contributed by atoms with Gasteiger partial charge < -0.3 is 10.3 Å². The van der Waals surface area contributed by atoms with E-state index in [2.05, 4.69) is 10.4 Å². The smallest absolute Gasteiger partial charge is 0.272 e. The molecule has 0 bridgehead atoms. The Morgan fingerprint density at radius 2 is 2.39 bits per heavy atom. The quantitative estimate of drug-likeness (QED) is 0.613. The minimum absolute atomic E-state index is 0.0125. The maximum absolute atomic E-state index is 12.3. The van der Waals surface area contributed by atoms with Gasteiger partial charge in [-0.2, -0.15) is 0 Å². The van der Waals surface area contributed by atoms with Crippen molar-refractivity contribution in [1.82, 2.24) is 9.88 Å². The number of anilines is 1. The molecule has 1 aliphatic carbocycles. The molecule has 0 atom stereocenters. The molecule has 0 aromatic carbocycles. The van der Waals surface area contributed by atoms with E-state index < -0.39 is 0 Å². The summed E-state index contributed by atoms with van der Waals surface area (Å²) in [4.78, 5) is 18.3. The Kier molecular flexibility index (Phi) is 4.15. The molecule has 1 saturated carbocycles. The molecule has 0 spiro atoms. The molecule has 0 radical (unpaired) electrons. The first-order valence-corrected chi connectivity index (χ1v) is 6.46. The number of nitrogens with one attached hydrogen (secondary N) is 1. The predicted octanol–water partition coefficient (Wildman–Crippen LogP) is 1.63. The number of pyridine rings is 1. The van der Waals surface area contributed by atoms with E-state index >= 15 is 0 Å². The van der Waals surface area contributed by atoms with Gasteiger partial charge >= 0.3 is 0 Å². The monoisotopic (exact) mass is 248 g/mol. The molecule has 2 rings (SSSR count). The summed E-state index contributed by atoms with van der Waals surface area (Å²) in [6, 6.07) is 3.42. The molecule has 98 valence electrons. The highest BCUT2D eigenvalue weighted by Gasteiger charge is 2.24. The Morgan fingerprint density at radius 1 is 1.61 bits per heavy atom. The average Bonchev–Trinajstić information content (AvgIpc) is 2.37. The minimum atomic E-state index is -0.0125. The first-order chi connectivity index (χ1) is 8.74. The number of nitrogens with two attached hydrogens (primary N) is 1. The summed E-state index contributed by atoms with van der Waals surface area (Å²) in [7, 11) is 0. The van der Waals surface area contributed by atoms with Crippen LogP contribution in [0.4, 0.5) is 5.69 Å². The summed E-state index contributed by atoms with van der Waals surface area (Å²) < 4.78 is 0. The number of nitrogens with zero attached hydrogens (tertiary/aromatic N) is 2. The van der Waals surface area contributed by atoms with Crippen LogP contribution in [0, 0.1) is 5.92 Å². The highest BCUT2D eigenvalue weighted by molar-refractivity contribution is 5.93. The number of hydrogen-bond donors (Lipinski definition) is 2. The van der Waals surface area contributed by atoms with Crippen LogP contribution in [0.15, 0.2) is 18.3 Å². The fourth-order valence-electron chi connectivity index (χ4n) is 2.14. The van der Waals surface area contributed by atoms with E-state index in [0.29, 0.717) is 17.3 Å². The zero-order chi connectivity index (χ0) is 13.0. The molecule has 0 aliphatic heterocycles. The lowest BCUT2D eigenvalue weighted by atomic mass is 9.85. The van der Waals surface area contributed by atoms with Gasteiger partial charge in [0.25, 0.3) is 5.91 Å². The molecule has 1 aromatic rings. The summed E-state index contributed by atoms with van der Waals surface area (Å²) in [6.45, 7) is 3.57. The van der Waals surface area contributed by atoms with Gasteiger partial charge in [-0.3, -0.25) is 15.6 Å². The van der Waals surface area contributed by atoms with Crippen LogP contribution in [-0.4, -0.2) is 28.9 Å². The van der Waals surface area contributed by atoms with Crippen LogP contribution in [0.3, 0.4) is 0 Å². The summed E-state index contributed by atoms with van der Waals surface area (Å²) in [6.07, 6.45) is 5.37. The Hall–Kier alpha value is -1.62. The maximum Gasteiger partial charge on any atom is 0.272 e. The number of amides is 1. The van der Waals surface area contributed by atoms with Gasteiger partial charge in [-0.25, -0.2) is 0 Å². The van der Waals surface area contributed by atoms with E-state index in [9.17, 15) is 4.79 Å². The van der Waals surface area contributed by atoms with E-state index in [-0.39, 0.29) is 5.91 Å². The fourth-order valence-corrected chi connectivity index (χ4v) is 2.14. The van der Waals surface area contributed by atoms with E-state index in [1.807, 2.05) is 11.8 Å². The van der Waals surface area contributed by atoms with Gasteiger partial charge in [-0.05, 0) is 37.8 Å². The number of rotatable bonds is 5. The van der Waals surface area contributed by atoms with Gasteiger partial charge in [-0.1, -0.05) is 6.42 Å². The van der Waals surface area contributed by atoms with Crippen LogP contribution in [0.1, 0.15) is 36.7 Å². The van der Waals surface area contributed by atoms with Crippen molar-refractivity contribution in [1.29, 1.82) is 0 Å². The molecular formula is C13H20N4O. The lowest BCUT2D eigenvalue weighted by Gasteiger charge is -2.31. The maximum atomic E-state index is 12.3. The molecule has 18 heavy (non-hydrogen) atoms. The summed E-state index contributed by atoms with van der Waals surface area (Å²) >= 11 is 0. The third-order valence-electron chi connectivity index (χ3n) is 3.52. The van der Waals surface area contributed by atoms with Gasteiger partial charge in [0.05, 0.1) is 5.69 Å². The van der Waals surface area contributed by atoms with Crippen molar-refractivity contribution < 1.29 is 4.79 Å². The van der Waals surface area contributed by atoms with Crippen LogP contribution in [0.2, 0.25) is 0 Å². The standard InChI is InChI=1S/C13H20N4O/c1-2-17(9-10-4-3-5-10)13(18)12-8-11(16-14)6-7-15-12/h6-8,10H,2-5,9,14H2,1H3,(H,15,16). The predicted molar refractivity (Wildman–Crippen MR) is 71.0 cm³/mol. The average molecular weight is 248 g/mol.